The van der Waals surface area contributed by atoms with Crippen LogP contribution in [0.4, 0.5) is 0 Å². The van der Waals surface area contributed by atoms with E-state index in [2.05, 4.69) is 16.3 Å². The maximum absolute atomic E-state index is 9.13. The standard InChI is InChI=1S/C12H15N3S/c1-8-9(2)14-15-12(11(8)6-13)16-7-10-4-3-5-10/h10H,3-5,7H2,1-2H3. The average Bonchev–Trinajstić information content (AvgIpc) is 2.21. The largest absolute Gasteiger partial charge is 0.192 e. The number of hydrogen-bond donors (Lipinski definition) is 0. The zero-order valence-electron chi connectivity index (χ0n) is 9.66. The molecule has 0 bridgehead atoms. The Kier molecular flexibility index (Phi) is 3.45. The number of nitrogens with zero attached hydrogens (tertiary/aromatic N) is 3. The van der Waals surface area contributed by atoms with Crippen LogP contribution in [-0.2, 0) is 0 Å². The first-order valence-electron chi connectivity index (χ1n) is 5.59. The Morgan fingerprint density at radius 2 is 2.12 bits per heavy atom. The summed E-state index contributed by atoms with van der Waals surface area (Å²) < 4.78 is 0. The summed E-state index contributed by atoms with van der Waals surface area (Å²) in [5, 5.41) is 18.2. The maximum Gasteiger partial charge on any atom is 0.137 e. The summed E-state index contributed by atoms with van der Waals surface area (Å²) in [6, 6.07) is 2.24. The third-order valence-corrected chi connectivity index (χ3v) is 4.41. The van der Waals surface area contributed by atoms with Crippen LogP contribution in [0.3, 0.4) is 0 Å². The minimum atomic E-state index is 0.705. The second-order valence-electron chi connectivity index (χ2n) is 4.31. The molecule has 0 aromatic carbocycles. The molecule has 0 aliphatic heterocycles. The van der Waals surface area contributed by atoms with Crippen LogP contribution < -0.4 is 0 Å². The molecule has 1 aliphatic carbocycles. The van der Waals surface area contributed by atoms with Crippen molar-refractivity contribution in [1.82, 2.24) is 10.2 Å². The minimum Gasteiger partial charge on any atom is -0.192 e. The number of nitriles is 1. The molecule has 1 saturated carbocycles. The minimum absolute atomic E-state index is 0.705. The predicted octanol–water partition coefficient (Wildman–Crippen LogP) is 2.86. The number of rotatable bonds is 3. The lowest BCUT2D eigenvalue weighted by Crippen LogP contribution is -2.13. The Labute approximate surface area is 100 Å². The number of aryl methyl sites for hydroxylation is 1. The van der Waals surface area contributed by atoms with Gasteiger partial charge in [0.2, 0.25) is 0 Å². The van der Waals surface area contributed by atoms with E-state index in [0.29, 0.717) is 5.56 Å². The fourth-order valence-corrected chi connectivity index (χ4v) is 2.84. The van der Waals surface area contributed by atoms with Gasteiger partial charge in [-0.25, -0.2) is 0 Å². The molecule has 1 aliphatic rings. The van der Waals surface area contributed by atoms with Gasteiger partial charge in [-0.15, -0.1) is 16.9 Å². The molecule has 2 rings (SSSR count). The molecule has 84 valence electrons. The van der Waals surface area contributed by atoms with Crippen LogP contribution in [0.5, 0.6) is 0 Å². The molecule has 0 amide bonds. The molecule has 1 heterocycles. The van der Waals surface area contributed by atoms with E-state index in [1.807, 2.05) is 13.8 Å². The van der Waals surface area contributed by atoms with Crippen molar-refractivity contribution in [3.63, 3.8) is 0 Å². The summed E-state index contributed by atoms with van der Waals surface area (Å²) in [5.74, 6) is 1.89. The van der Waals surface area contributed by atoms with Crippen molar-refractivity contribution in [1.29, 1.82) is 5.26 Å². The third-order valence-electron chi connectivity index (χ3n) is 3.21. The van der Waals surface area contributed by atoms with Crippen LogP contribution in [0.15, 0.2) is 5.03 Å². The van der Waals surface area contributed by atoms with Crippen LogP contribution >= 0.6 is 11.8 Å². The van der Waals surface area contributed by atoms with Crippen molar-refractivity contribution in [3.8, 4) is 6.07 Å². The second-order valence-corrected chi connectivity index (χ2v) is 5.32. The molecule has 0 spiro atoms. The van der Waals surface area contributed by atoms with Gasteiger partial charge in [0, 0.05) is 5.75 Å². The molecule has 0 radical (unpaired) electrons. The summed E-state index contributed by atoms with van der Waals surface area (Å²) in [6.45, 7) is 3.83. The van der Waals surface area contributed by atoms with Crippen molar-refractivity contribution in [2.24, 2.45) is 5.92 Å². The molecule has 1 fully saturated rings. The van der Waals surface area contributed by atoms with E-state index in [-0.39, 0.29) is 0 Å². The molecule has 0 unspecified atom stereocenters. The summed E-state index contributed by atoms with van der Waals surface area (Å²) >= 11 is 1.68. The van der Waals surface area contributed by atoms with E-state index in [4.69, 9.17) is 5.26 Å². The molecule has 1 aromatic rings. The normalized spacial score (nSPS) is 15.6. The summed E-state index contributed by atoms with van der Waals surface area (Å²) in [7, 11) is 0. The van der Waals surface area contributed by atoms with Crippen LogP contribution in [0, 0.1) is 31.1 Å². The van der Waals surface area contributed by atoms with Gasteiger partial charge in [-0.3, -0.25) is 0 Å². The van der Waals surface area contributed by atoms with Gasteiger partial charge in [0.1, 0.15) is 11.1 Å². The first-order chi connectivity index (χ1) is 7.72. The van der Waals surface area contributed by atoms with E-state index in [9.17, 15) is 0 Å². The van der Waals surface area contributed by atoms with Crippen molar-refractivity contribution in [2.75, 3.05) is 5.75 Å². The zero-order chi connectivity index (χ0) is 11.5. The fourth-order valence-electron chi connectivity index (χ4n) is 1.68. The second kappa shape index (κ2) is 4.84. The molecular formula is C12H15N3S. The lowest BCUT2D eigenvalue weighted by atomic mass is 9.87. The van der Waals surface area contributed by atoms with Crippen LogP contribution in [-0.4, -0.2) is 16.0 Å². The van der Waals surface area contributed by atoms with Gasteiger partial charge in [0.15, 0.2) is 0 Å². The van der Waals surface area contributed by atoms with Gasteiger partial charge in [-0.05, 0) is 38.2 Å². The van der Waals surface area contributed by atoms with E-state index in [1.54, 1.807) is 11.8 Å². The molecule has 0 N–H and O–H groups in total. The quantitative estimate of drug-likeness (QED) is 0.753. The topological polar surface area (TPSA) is 49.6 Å². The van der Waals surface area contributed by atoms with E-state index >= 15 is 0 Å². The molecule has 3 nitrogen and oxygen atoms in total. The lowest BCUT2D eigenvalue weighted by Gasteiger charge is -2.24. The Hall–Kier alpha value is -1.08. The van der Waals surface area contributed by atoms with Crippen LogP contribution in [0.25, 0.3) is 0 Å². The molecule has 4 heteroatoms. The highest BCUT2D eigenvalue weighted by Gasteiger charge is 2.19. The number of hydrogen-bond acceptors (Lipinski definition) is 4. The summed E-state index contributed by atoms with van der Waals surface area (Å²) in [5.41, 5.74) is 2.52. The van der Waals surface area contributed by atoms with Crippen molar-refractivity contribution in [2.45, 2.75) is 38.1 Å². The van der Waals surface area contributed by atoms with Gasteiger partial charge in [-0.1, -0.05) is 6.42 Å². The predicted molar refractivity (Wildman–Crippen MR) is 64.3 cm³/mol. The lowest BCUT2D eigenvalue weighted by molar-refractivity contribution is 0.353. The van der Waals surface area contributed by atoms with Crippen LogP contribution in [0.1, 0.15) is 36.1 Å². The van der Waals surface area contributed by atoms with E-state index in [0.717, 1.165) is 28.0 Å². The van der Waals surface area contributed by atoms with Gasteiger partial charge >= 0.3 is 0 Å². The SMILES string of the molecule is Cc1nnc(SCC2CCC2)c(C#N)c1C. The van der Waals surface area contributed by atoms with Gasteiger partial charge < -0.3 is 0 Å². The maximum atomic E-state index is 9.13. The van der Waals surface area contributed by atoms with Gasteiger partial charge in [0.05, 0.1) is 11.3 Å². The van der Waals surface area contributed by atoms with E-state index in [1.165, 1.54) is 19.3 Å². The molecule has 16 heavy (non-hydrogen) atoms. The highest BCUT2D eigenvalue weighted by Crippen LogP contribution is 2.33. The van der Waals surface area contributed by atoms with Crippen molar-refractivity contribution >= 4 is 11.8 Å². The highest BCUT2D eigenvalue weighted by atomic mass is 32.2. The van der Waals surface area contributed by atoms with Crippen molar-refractivity contribution in [3.05, 3.63) is 16.8 Å². The Morgan fingerprint density at radius 3 is 2.69 bits per heavy atom. The molecular weight excluding hydrogens is 218 g/mol. The monoisotopic (exact) mass is 233 g/mol. The van der Waals surface area contributed by atoms with Crippen molar-refractivity contribution < 1.29 is 0 Å². The Morgan fingerprint density at radius 1 is 1.38 bits per heavy atom. The molecule has 0 saturated heterocycles. The number of thioether (sulfide) groups is 1. The highest BCUT2D eigenvalue weighted by molar-refractivity contribution is 7.99. The smallest absolute Gasteiger partial charge is 0.137 e. The Balaban J connectivity index is 2.13. The first kappa shape index (κ1) is 11.4. The molecule has 1 aromatic heterocycles. The summed E-state index contributed by atoms with van der Waals surface area (Å²) in [6.07, 6.45) is 4.01. The number of aromatic nitrogens is 2. The van der Waals surface area contributed by atoms with Crippen LogP contribution in [0.2, 0.25) is 0 Å². The zero-order valence-corrected chi connectivity index (χ0v) is 10.5. The third kappa shape index (κ3) is 2.19. The first-order valence-corrected chi connectivity index (χ1v) is 6.57. The average molecular weight is 233 g/mol. The summed E-state index contributed by atoms with van der Waals surface area (Å²) in [4.78, 5) is 0. The Bertz CT molecular complexity index is 433. The van der Waals surface area contributed by atoms with Gasteiger partial charge in [0.25, 0.3) is 0 Å². The van der Waals surface area contributed by atoms with E-state index < -0.39 is 0 Å². The molecule has 0 atom stereocenters. The fraction of sp³-hybridized carbons (Fsp3) is 0.583. The van der Waals surface area contributed by atoms with Gasteiger partial charge in [-0.2, -0.15) is 10.4 Å².